The number of carbonyl (C=O) groups excluding carboxylic acids is 1. The molecule has 1 N–H and O–H groups in total. The molecule has 0 radical (unpaired) electrons. The van der Waals surface area contributed by atoms with E-state index in [1.807, 2.05) is 32.0 Å². The van der Waals surface area contributed by atoms with Gasteiger partial charge in [0.2, 0.25) is 0 Å². The SMILES string of the molecule is CCN(CC)C(=O)Nc1cc(-c2ccncc2)c(-c2ccc(F)cc2)s1. The Morgan fingerprint density at radius 1 is 1.08 bits per heavy atom. The number of halogens is 1. The van der Waals surface area contributed by atoms with Gasteiger partial charge in [-0.1, -0.05) is 12.1 Å². The Balaban J connectivity index is 2.00. The van der Waals surface area contributed by atoms with Crippen molar-refractivity contribution in [2.45, 2.75) is 13.8 Å². The zero-order valence-corrected chi connectivity index (χ0v) is 15.5. The Bertz CT molecular complexity index is 874. The predicted molar refractivity (Wildman–Crippen MR) is 105 cm³/mol. The smallest absolute Gasteiger partial charge is 0.322 e. The van der Waals surface area contributed by atoms with Gasteiger partial charge in [-0.3, -0.25) is 10.3 Å². The average Bonchev–Trinajstić information content (AvgIpc) is 3.08. The summed E-state index contributed by atoms with van der Waals surface area (Å²) in [5, 5.41) is 3.73. The summed E-state index contributed by atoms with van der Waals surface area (Å²) in [7, 11) is 0. The van der Waals surface area contributed by atoms with E-state index in [-0.39, 0.29) is 11.8 Å². The van der Waals surface area contributed by atoms with Gasteiger partial charge < -0.3 is 4.90 Å². The van der Waals surface area contributed by atoms with Crippen LogP contribution < -0.4 is 5.32 Å². The molecule has 3 aromatic rings. The first kappa shape index (κ1) is 18.1. The van der Waals surface area contributed by atoms with Crippen LogP contribution in [-0.2, 0) is 0 Å². The third-order valence-corrected chi connectivity index (χ3v) is 5.21. The van der Waals surface area contributed by atoms with E-state index in [0.717, 1.165) is 26.6 Å². The summed E-state index contributed by atoms with van der Waals surface area (Å²) in [6.45, 7) is 5.19. The molecule has 0 aliphatic carbocycles. The number of pyridine rings is 1. The molecule has 2 heterocycles. The van der Waals surface area contributed by atoms with Crippen molar-refractivity contribution in [3.8, 4) is 21.6 Å². The Hall–Kier alpha value is -2.73. The molecule has 6 heteroatoms. The number of carbonyl (C=O) groups is 1. The maximum Gasteiger partial charge on any atom is 0.322 e. The van der Waals surface area contributed by atoms with Crippen LogP contribution in [0.1, 0.15) is 13.8 Å². The number of amides is 2. The van der Waals surface area contributed by atoms with Crippen LogP contribution in [0.4, 0.5) is 14.2 Å². The number of anilines is 1. The Morgan fingerprint density at radius 2 is 1.73 bits per heavy atom. The molecule has 0 spiro atoms. The van der Waals surface area contributed by atoms with Crippen molar-refractivity contribution in [3.63, 3.8) is 0 Å². The fourth-order valence-electron chi connectivity index (χ4n) is 2.71. The summed E-state index contributed by atoms with van der Waals surface area (Å²) in [5.74, 6) is -0.272. The van der Waals surface area contributed by atoms with Crippen molar-refractivity contribution in [1.82, 2.24) is 9.88 Å². The number of nitrogens with zero attached hydrogens (tertiary/aromatic N) is 2. The van der Waals surface area contributed by atoms with Gasteiger partial charge in [0.1, 0.15) is 5.82 Å². The lowest BCUT2D eigenvalue weighted by molar-refractivity contribution is 0.217. The number of thiophene rings is 1. The molecule has 1 aromatic carbocycles. The molecular weight excluding hydrogens is 349 g/mol. The minimum Gasteiger partial charge on any atom is -0.325 e. The van der Waals surface area contributed by atoms with Crippen LogP contribution in [0.2, 0.25) is 0 Å². The van der Waals surface area contributed by atoms with Crippen LogP contribution in [0.25, 0.3) is 21.6 Å². The number of aromatic nitrogens is 1. The van der Waals surface area contributed by atoms with Gasteiger partial charge in [-0.25, -0.2) is 9.18 Å². The summed E-state index contributed by atoms with van der Waals surface area (Å²) in [6.07, 6.45) is 3.46. The Morgan fingerprint density at radius 3 is 2.35 bits per heavy atom. The fourth-order valence-corrected chi connectivity index (χ4v) is 3.79. The lowest BCUT2D eigenvalue weighted by Crippen LogP contribution is -2.34. The predicted octanol–water partition coefficient (Wildman–Crippen LogP) is 5.49. The van der Waals surface area contributed by atoms with Gasteiger partial charge in [0.15, 0.2) is 0 Å². The Labute approximate surface area is 156 Å². The number of urea groups is 1. The van der Waals surface area contributed by atoms with E-state index < -0.39 is 0 Å². The number of hydrogen-bond donors (Lipinski definition) is 1. The molecule has 0 unspecified atom stereocenters. The molecule has 134 valence electrons. The lowest BCUT2D eigenvalue weighted by atomic mass is 10.0. The van der Waals surface area contributed by atoms with Crippen molar-refractivity contribution < 1.29 is 9.18 Å². The molecule has 0 aliphatic rings. The highest BCUT2D eigenvalue weighted by Gasteiger charge is 2.16. The highest BCUT2D eigenvalue weighted by Crippen LogP contribution is 2.41. The van der Waals surface area contributed by atoms with Gasteiger partial charge >= 0.3 is 6.03 Å². The number of benzene rings is 1. The second-order valence-electron chi connectivity index (χ2n) is 5.70. The first-order chi connectivity index (χ1) is 12.6. The summed E-state index contributed by atoms with van der Waals surface area (Å²) in [4.78, 5) is 19.1. The van der Waals surface area contributed by atoms with E-state index in [0.29, 0.717) is 13.1 Å². The van der Waals surface area contributed by atoms with Gasteiger partial charge in [-0.05, 0) is 55.3 Å². The van der Waals surface area contributed by atoms with Crippen LogP contribution in [0.15, 0.2) is 54.9 Å². The van der Waals surface area contributed by atoms with Crippen LogP contribution in [0.5, 0.6) is 0 Å². The maximum absolute atomic E-state index is 13.3. The third kappa shape index (κ3) is 3.91. The van der Waals surface area contributed by atoms with Crippen molar-refractivity contribution in [2.75, 3.05) is 18.4 Å². The van der Waals surface area contributed by atoms with Crippen LogP contribution >= 0.6 is 11.3 Å². The van der Waals surface area contributed by atoms with Crippen molar-refractivity contribution in [1.29, 1.82) is 0 Å². The molecule has 0 bridgehead atoms. The van der Waals surface area contributed by atoms with E-state index in [2.05, 4.69) is 10.3 Å². The summed E-state index contributed by atoms with van der Waals surface area (Å²) in [5.41, 5.74) is 2.89. The van der Waals surface area contributed by atoms with E-state index >= 15 is 0 Å². The first-order valence-electron chi connectivity index (χ1n) is 8.48. The largest absolute Gasteiger partial charge is 0.325 e. The molecule has 0 atom stereocenters. The van der Waals surface area contributed by atoms with Crippen LogP contribution in [0, 0.1) is 5.82 Å². The monoisotopic (exact) mass is 369 g/mol. The van der Waals surface area contributed by atoms with E-state index in [1.54, 1.807) is 29.4 Å². The van der Waals surface area contributed by atoms with E-state index in [1.165, 1.54) is 23.5 Å². The van der Waals surface area contributed by atoms with Crippen molar-refractivity contribution in [2.24, 2.45) is 0 Å². The summed E-state index contributed by atoms with van der Waals surface area (Å²) in [6, 6.07) is 12.1. The normalized spacial score (nSPS) is 10.6. The van der Waals surface area contributed by atoms with Gasteiger partial charge in [0.25, 0.3) is 0 Å². The number of nitrogens with one attached hydrogen (secondary N) is 1. The highest BCUT2D eigenvalue weighted by molar-refractivity contribution is 7.20. The molecule has 26 heavy (non-hydrogen) atoms. The second-order valence-corrected chi connectivity index (χ2v) is 6.75. The minimum absolute atomic E-state index is 0.122. The Kier molecular flexibility index (Phi) is 5.63. The molecule has 0 saturated heterocycles. The van der Waals surface area contributed by atoms with E-state index in [4.69, 9.17) is 0 Å². The number of hydrogen-bond acceptors (Lipinski definition) is 3. The molecule has 2 amide bonds. The topological polar surface area (TPSA) is 45.2 Å². The summed E-state index contributed by atoms with van der Waals surface area (Å²) < 4.78 is 13.3. The zero-order chi connectivity index (χ0) is 18.5. The van der Waals surface area contributed by atoms with Gasteiger partial charge in [0.05, 0.1) is 5.00 Å². The first-order valence-corrected chi connectivity index (χ1v) is 9.30. The summed E-state index contributed by atoms with van der Waals surface area (Å²) >= 11 is 1.48. The highest BCUT2D eigenvalue weighted by atomic mass is 32.1. The van der Waals surface area contributed by atoms with Gasteiger partial charge in [-0.2, -0.15) is 0 Å². The minimum atomic E-state index is -0.272. The fraction of sp³-hybridized carbons (Fsp3) is 0.200. The molecular formula is C20H20FN3OS. The molecule has 4 nitrogen and oxygen atoms in total. The van der Waals surface area contributed by atoms with Crippen molar-refractivity contribution >= 4 is 22.4 Å². The van der Waals surface area contributed by atoms with E-state index in [9.17, 15) is 9.18 Å². The molecule has 0 aliphatic heterocycles. The molecule has 0 saturated carbocycles. The van der Waals surface area contributed by atoms with Crippen LogP contribution in [0.3, 0.4) is 0 Å². The average molecular weight is 369 g/mol. The second kappa shape index (κ2) is 8.10. The zero-order valence-electron chi connectivity index (χ0n) is 14.7. The van der Waals surface area contributed by atoms with Gasteiger partial charge in [0, 0.05) is 35.9 Å². The molecule has 2 aromatic heterocycles. The van der Waals surface area contributed by atoms with Gasteiger partial charge in [-0.15, -0.1) is 11.3 Å². The molecule has 0 fully saturated rings. The quantitative estimate of drug-likeness (QED) is 0.646. The van der Waals surface area contributed by atoms with Crippen LogP contribution in [-0.4, -0.2) is 29.0 Å². The standard InChI is InChI=1S/C20H20FN3OS/c1-3-24(4-2)20(25)23-18-13-17(14-9-11-22-12-10-14)19(26-18)15-5-7-16(21)8-6-15/h5-13H,3-4H2,1-2H3,(H,23,25). The maximum atomic E-state index is 13.3. The number of rotatable bonds is 5. The molecule has 3 rings (SSSR count). The lowest BCUT2D eigenvalue weighted by Gasteiger charge is -2.18. The van der Waals surface area contributed by atoms with Crippen molar-refractivity contribution in [3.05, 3.63) is 60.7 Å². The third-order valence-electron chi connectivity index (χ3n) is 4.11.